The first kappa shape index (κ1) is 14.9. The molecule has 122 valence electrons. The van der Waals surface area contributed by atoms with Crippen molar-refractivity contribution < 1.29 is 0 Å². The number of hydrogen-bond acceptors (Lipinski definition) is 3. The lowest BCUT2D eigenvalue weighted by Gasteiger charge is -2.38. The maximum absolute atomic E-state index is 4.67. The number of benzene rings is 1. The molecule has 1 aliphatic heterocycles. The Morgan fingerprint density at radius 1 is 1.04 bits per heavy atom. The molecule has 1 aromatic carbocycles. The average molecular weight is 310 g/mol. The minimum absolute atomic E-state index is 0.733. The number of nitrogens with one attached hydrogen (secondary N) is 1. The van der Waals surface area contributed by atoms with Crippen LogP contribution in [0.1, 0.15) is 37.8 Å². The standard InChI is InChI=1S/C19H26N4/c1-2-6-18(7-3-1)23-13-11-16(21-23)14-20-15-19-10-5-12-22(19)17-8-4-9-17/h1-3,6-7,11,13,17,19-20H,4-5,8-10,12,14-15H2/t19-/m0/s1. The Kier molecular flexibility index (Phi) is 4.44. The Hall–Kier alpha value is -1.65. The van der Waals surface area contributed by atoms with E-state index in [2.05, 4.69) is 33.5 Å². The summed E-state index contributed by atoms with van der Waals surface area (Å²) >= 11 is 0. The van der Waals surface area contributed by atoms with Crippen molar-refractivity contribution in [2.45, 2.75) is 50.7 Å². The highest BCUT2D eigenvalue weighted by Crippen LogP contribution is 2.30. The third-order valence-electron chi connectivity index (χ3n) is 5.32. The molecule has 2 aliphatic rings. The van der Waals surface area contributed by atoms with Gasteiger partial charge in [-0.3, -0.25) is 4.90 Å². The first-order chi connectivity index (χ1) is 11.4. The molecule has 23 heavy (non-hydrogen) atoms. The molecule has 0 amide bonds. The molecule has 1 saturated carbocycles. The van der Waals surface area contributed by atoms with Crippen LogP contribution in [0.15, 0.2) is 42.6 Å². The Balaban J connectivity index is 1.29. The normalized spacial score (nSPS) is 22.3. The highest BCUT2D eigenvalue weighted by molar-refractivity contribution is 5.30. The van der Waals surface area contributed by atoms with E-state index in [9.17, 15) is 0 Å². The Morgan fingerprint density at radius 2 is 1.91 bits per heavy atom. The molecular formula is C19H26N4. The van der Waals surface area contributed by atoms with Gasteiger partial charge in [-0.15, -0.1) is 0 Å². The SMILES string of the molecule is c1ccc(-n2ccc(CNC[C@@H]3CCCN3C3CCC3)n2)cc1. The van der Waals surface area contributed by atoms with E-state index in [0.717, 1.165) is 36.6 Å². The molecular weight excluding hydrogens is 284 g/mol. The summed E-state index contributed by atoms with van der Waals surface area (Å²) in [5.41, 5.74) is 2.23. The van der Waals surface area contributed by atoms with E-state index in [0.29, 0.717) is 0 Å². The van der Waals surface area contributed by atoms with Crippen LogP contribution in [0.5, 0.6) is 0 Å². The van der Waals surface area contributed by atoms with Gasteiger partial charge in [-0.1, -0.05) is 24.6 Å². The van der Waals surface area contributed by atoms with Crippen molar-refractivity contribution >= 4 is 0 Å². The lowest BCUT2D eigenvalue weighted by atomic mass is 9.91. The van der Waals surface area contributed by atoms with Crippen LogP contribution in [-0.4, -0.2) is 39.9 Å². The lowest BCUT2D eigenvalue weighted by Crippen LogP contribution is -2.46. The van der Waals surface area contributed by atoms with E-state index in [1.165, 1.54) is 38.6 Å². The van der Waals surface area contributed by atoms with Gasteiger partial charge in [0.2, 0.25) is 0 Å². The molecule has 2 aromatic rings. The largest absolute Gasteiger partial charge is 0.310 e. The van der Waals surface area contributed by atoms with E-state index in [1.807, 2.05) is 29.1 Å². The van der Waals surface area contributed by atoms with Crippen molar-refractivity contribution in [1.29, 1.82) is 0 Å². The van der Waals surface area contributed by atoms with Gasteiger partial charge in [0.25, 0.3) is 0 Å². The molecule has 0 unspecified atom stereocenters. The third kappa shape index (κ3) is 3.33. The molecule has 4 rings (SSSR count). The van der Waals surface area contributed by atoms with Gasteiger partial charge in [-0.25, -0.2) is 4.68 Å². The molecule has 1 N–H and O–H groups in total. The fraction of sp³-hybridized carbons (Fsp3) is 0.526. The van der Waals surface area contributed by atoms with Gasteiger partial charge in [0.1, 0.15) is 0 Å². The summed E-state index contributed by atoms with van der Waals surface area (Å²) < 4.78 is 1.95. The average Bonchev–Trinajstić information content (AvgIpc) is 3.17. The summed E-state index contributed by atoms with van der Waals surface area (Å²) in [6.07, 6.45) is 9.02. The number of nitrogens with zero attached hydrogens (tertiary/aromatic N) is 3. The second-order valence-corrected chi connectivity index (χ2v) is 6.84. The molecule has 2 fully saturated rings. The van der Waals surface area contributed by atoms with Crippen LogP contribution in [0.3, 0.4) is 0 Å². The van der Waals surface area contributed by atoms with E-state index in [-0.39, 0.29) is 0 Å². The van der Waals surface area contributed by atoms with Crippen LogP contribution >= 0.6 is 0 Å². The van der Waals surface area contributed by atoms with E-state index < -0.39 is 0 Å². The fourth-order valence-electron chi connectivity index (χ4n) is 3.82. The molecule has 0 spiro atoms. The lowest BCUT2D eigenvalue weighted by molar-refractivity contribution is 0.113. The maximum atomic E-state index is 4.67. The quantitative estimate of drug-likeness (QED) is 0.890. The Bertz CT molecular complexity index is 617. The predicted octanol–water partition coefficient (Wildman–Crippen LogP) is 2.98. The Labute approximate surface area is 138 Å². The number of rotatable bonds is 6. The van der Waals surface area contributed by atoms with Crippen molar-refractivity contribution in [2.75, 3.05) is 13.1 Å². The molecule has 1 aliphatic carbocycles. The fourth-order valence-corrected chi connectivity index (χ4v) is 3.82. The van der Waals surface area contributed by atoms with E-state index in [4.69, 9.17) is 0 Å². The second kappa shape index (κ2) is 6.85. The molecule has 0 radical (unpaired) electrons. The van der Waals surface area contributed by atoms with Crippen LogP contribution in [0.25, 0.3) is 5.69 Å². The summed E-state index contributed by atoms with van der Waals surface area (Å²) in [5, 5.41) is 8.29. The third-order valence-corrected chi connectivity index (χ3v) is 5.32. The zero-order valence-corrected chi connectivity index (χ0v) is 13.7. The minimum atomic E-state index is 0.733. The van der Waals surface area contributed by atoms with Crippen molar-refractivity contribution in [3.05, 3.63) is 48.3 Å². The molecule has 2 heterocycles. The number of likely N-dealkylation sites (tertiary alicyclic amines) is 1. The van der Waals surface area contributed by atoms with Crippen molar-refractivity contribution in [1.82, 2.24) is 20.0 Å². The van der Waals surface area contributed by atoms with E-state index >= 15 is 0 Å². The van der Waals surface area contributed by atoms with E-state index in [1.54, 1.807) is 0 Å². The van der Waals surface area contributed by atoms with Crippen molar-refractivity contribution in [3.8, 4) is 5.69 Å². The monoisotopic (exact) mass is 310 g/mol. The van der Waals surface area contributed by atoms with Crippen LogP contribution in [-0.2, 0) is 6.54 Å². The zero-order valence-electron chi connectivity index (χ0n) is 13.7. The molecule has 1 atom stereocenters. The highest BCUT2D eigenvalue weighted by atomic mass is 15.3. The number of aromatic nitrogens is 2. The molecule has 1 saturated heterocycles. The van der Waals surface area contributed by atoms with Gasteiger partial charge in [0.05, 0.1) is 11.4 Å². The van der Waals surface area contributed by atoms with Crippen molar-refractivity contribution in [3.63, 3.8) is 0 Å². The highest BCUT2D eigenvalue weighted by Gasteiger charge is 2.33. The zero-order chi connectivity index (χ0) is 15.5. The van der Waals surface area contributed by atoms with Gasteiger partial charge < -0.3 is 5.32 Å². The Morgan fingerprint density at radius 3 is 2.70 bits per heavy atom. The van der Waals surface area contributed by atoms with Gasteiger partial charge in [0.15, 0.2) is 0 Å². The first-order valence-electron chi connectivity index (χ1n) is 8.96. The smallest absolute Gasteiger partial charge is 0.0766 e. The number of hydrogen-bond donors (Lipinski definition) is 1. The van der Waals surface area contributed by atoms with Crippen molar-refractivity contribution in [2.24, 2.45) is 0 Å². The molecule has 0 bridgehead atoms. The number of para-hydroxylation sites is 1. The van der Waals surface area contributed by atoms with Crippen LogP contribution < -0.4 is 5.32 Å². The summed E-state index contributed by atoms with van der Waals surface area (Å²) in [6, 6.07) is 14.0. The maximum Gasteiger partial charge on any atom is 0.0766 e. The predicted molar refractivity (Wildman–Crippen MR) is 92.6 cm³/mol. The second-order valence-electron chi connectivity index (χ2n) is 6.84. The minimum Gasteiger partial charge on any atom is -0.310 e. The molecule has 1 aromatic heterocycles. The molecule has 4 heteroatoms. The van der Waals surface area contributed by atoms with Gasteiger partial charge >= 0.3 is 0 Å². The summed E-state index contributed by atoms with van der Waals surface area (Å²) in [4.78, 5) is 2.75. The topological polar surface area (TPSA) is 33.1 Å². The van der Waals surface area contributed by atoms with Crippen LogP contribution in [0.2, 0.25) is 0 Å². The summed E-state index contributed by atoms with van der Waals surface area (Å²) in [5.74, 6) is 0. The van der Waals surface area contributed by atoms with Gasteiger partial charge in [0, 0.05) is 31.4 Å². The summed E-state index contributed by atoms with van der Waals surface area (Å²) in [7, 11) is 0. The van der Waals surface area contributed by atoms with Crippen LogP contribution in [0.4, 0.5) is 0 Å². The van der Waals surface area contributed by atoms with Gasteiger partial charge in [-0.2, -0.15) is 5.10 Å². The first-order valence-corrected chi connectivity index (χ1v) is 8.96. The van der Waals surface area contributed by atoms with Gasteiger partial charge in [-0.05, 0) is 50.4 Å². The van der Waals surface area contributed by atoms with Crippen LogP contribution in [0, 0.1) is 0 Å². The molecule has 4 nitrogen and oxygen atoms in total. The summed E-state index contributed by atoms with van der Waals surface area (Å²) in [6.45, 7) is 3.25.